The molecule has 138 valence electrons. The van der Waals surface area contributed by atoms with Crippen molar-refractivity contribution in [3.8, 4) is 0 Å². The van der Waals surface area contributed by atoms with Crippen LogP contribution in [0.2, 0.25) is 0 Å². The Labute approximate surface area is 146 Å². The van der Waals surface area contributed by atoms with E-state index in [9.17, 15) is 18.4 Å². The van der Waals surface area contributed by atoms with Gasteiger partial charge in [-0.05, 0) is 31.9 Å². The maximum Gasteiger partial charge on any atom is 0.257 e. The van der Waals surface area contributed by atoms with Crippen LogP contribution in [0.1, 0.15) is 38.1 Å². The van der Waals surface area contributed by atoms with Gasteiger partial charge in [-0.25, -0.2) is 8.78 Å². The van der Waals surface area contributed by atoms with Gasteiger partial charge in [0.25, 0.3) is 5.91 Å². The van der Waals surface area contributed by atoms with Crippen molar-refractivity contribution in [1.82, 2.24) is 9.80 Å². The van der Waals surface area contributed by atoms with Crippen molar-refractivity contribution in [2.75, 3.05) is 19.6 Å². The summed E-state index contributed by atoms with van der Waals surface area (Å²) in [5.74, 6) is -2.26. The summed E-state index contributed by atoms with van der Waals surface area (Å²) in [6.07, 6.45) is 0. The number of carbonyl (C=O) groups excluding carboxylic acids is 2. The molecule has 1 aromatic rings. The molecule has 1 saturated heterocycles. The van der Waals surface area contributed by atoms with E-state index >= 15 is 0 Å². The second-order valence-corrected chi connectivity index (χ2v) is 7.42. The second-order valence-electron chi connectivity index (χ2n) is 7.42. The summed E-state index contributed by atoms with van der Waals surface area (Å²) >= 11 is 0. The van der Waals surface area contributed by atoms with Crippen LogP contribution in [-0.4, -0.2) is 52.8 Å². The Bertz CT molecular complexity index is 676. The highest BCUT2D eigenvalue weighted by atomic mass is 19.1. The summed E-state index contributed by atoms with van der Waals surface area (Å²) in [7, 11) is 0. The predicted molar refractivity (Wildman–Crippen MR) is 90.9 cm³/mol. The standard InChI is InChI=1S/C18H25F2N3O2/c1-11(2)15(21)17(25)22-7-8-23(18(3,4)10-22)16(24)13-6-5-12(19)9-14(13)20/h5-6,9,11,15H,7-8,10,21H2,1-4H3/t15-/m0/s1. The highest BCUT2D eigenvalue weighted by molar-refractivity contribution is 5.95. The summed E-state index contributed by atoms with van der Waals surface area (Å²) in [6.45, 7) is 8.28. The zero-order valence-corrected chi connectivity index (χ0v) is 15.1. The molecular formula is C18H25F2N3O2. The molecule has 1 aromatic carbocycles. The third-order valence-corrected chi connectivity index (χ3v) is 4.62. The minimum absolute atomic E-state index is 0.0172. The van der Waals surface area contributed by atoms with Gasteiger partial charge in [-0.1, -0.05) is 13.8 Å². The molecule has 1 aliphatic heterocycles. The topological polar surface area (TPSA) is 66.6 Å². The van der Waals surface area contributed by atoms with Crippen LogP contribution in [0.15, 0.2) is 18.2 Å². The molecule has 2 N–H and O–H groups in total. The average Bonchev–Trinajstić information content (AvgIpc) is 2.51. The third-order valence-electron chi connectivity index (χ3n) is 4.62. The van der Waals surface area contributed by atoms with E-state index in [2.05, 4.69) is 0 Å². The molecule has 1 atom stereocenters. The Morgan fingerprint density at radius 3 is 2.36 bits per heavy atom. The molecule has 1 aliphatic rings. The molecule has 7 heteroatoms. The van der Waals surface area contributed by atoms with E-state index < -0.39 is 29.1 Å². The Hall–Kier alpha value is -2.02. The smallest absolute Gasteiger partial charge is 0.257 e. The maximum atomic E-state index is 13.9. The monoisotopic (exact) mass is 353 g/mol. The van der Waals surface area contributed by atoms with Crippen LogP contribution in [0.4, 0.5) is 8.78 Å². The number of halogens is 2. The normalized spacial score (nSPS) is 18.4. The van der Waals surface area contributed by atoms with E-state index in [-0.39, 0.29) is 23.9 Å². The molecule has 1 fully saturated rings. The Balaban J connectivity index is 2.18. The molecular weight excluding hydrogens is 328 g/mol. The van der Waals surface area contributed by atoms with Gasteiger partial charge in [0.05, 0.1) is 17.1 Å². The molecule has 25 heavy (non-hydrogen) atoms. The number of amides is 2. The number of hydrogen-bond donors (Lipinski definition) is 1. The van der Waals surface area contributed by atoms with Crippen molar-refractivity contribution in [3.63, 3.8) is 0 Å². The molecule has 0 aromatic heterocycles. The van der Waals surface area contributed by atoms with E-state index in [0.29, 0.717) is 19.2 Å². The second kappa shape index (κ2) is 7.07. The van der Waals surface area contributed by atoms with Gasteiger partial charge in [-0.15, -0.1) is 0 Å². The SMILES string of the molecule is CC(C)[C@H](N)C(=O)N1CCN(C(=O)c2ccc(F)cc2F)C(C)(C)C1. The summed E-state index contributed by atoms with van der Waals surface area (Å²) in [5.41, 5.74) is 5.08. The molecule has 2 amide bonds. The van der Waals surface area contributed by atoms with E-state index in [1.807, 2.05) is 27.7 Å². The number of rotatable bonds is 3. The van der Waals surface area contributed by atoms with Crippen molar-refractivity contribution >= 4 is 11.8 Å². The van der Waals surface area contributed by atoms with Gasteiger partial charge < -0.3 is 15.5 Å². The van der Waals surface area contributed by atoms with Gasteiger partial charge in [0.1, 0.15) is 11.6 Å². The van der Waals surface area contributed by atoms with Crippen molar-refractivity contribution in [1.29, 1.82) is 0 Å². The van der Waals surface area contributed by atoms with Gasteiger partial charge in [0.2, 0.25) is 5.91 Å². The zero-order valence-electron chi connectivity index (χ0n) is 15.1. The maximum absolute atomic E-state index is 13.9. The number of benzene rings is 1. The highest BCUT2D eigenvalue weighted by Gasteiger charge is 2.40. The molecule has 0 unspecified atom stereocenters. The number of nitrogens with zero attached hydrogens (tertiary/aromatic N) is 2. The summed E-state index contributed by atoms with van der Waals surface area (Å²) < 4.78 is 27.0. The highest BCUT2D eigenvalue weighted by Crippen LogP contribution is 2.25. The Morgan fingerprint density at radius 2 is 1.84 bits per heavy atom. The predicted octanol–water partition coefficient (Wildman–Crippen LogP) is 2.01. The first kappa shape index (κ1) is 19.3. The van der Waals surface area contributed by atoms with Gasteiger partial charge in [-0.3, -0.25) is 9.59 Å². The van der Waals surface area contributed by atoms with Crippen LogP contribution in [0.25, 0.3) is 0 Å². The van der Waals surface area contributed by atoms with Crippen LogP contribution >= 0.6 is 0 Å². The molecule has 2 rings (SSSR count). The molecule has 1 heterocycles. The van der Waals surface area contributed by atoms with Gasteiger partial charge >= 0.3 is 0 Å². The quantitative estimate of drug-likeness (QED) is 0.904. The fraction of sp³-hybridized carbons (Fsp3) is 0.556. The molecule has 0 aliphatic carbocycles. The minimum Gasteiger partial charge on any atom is -0.337 e. The largest absolute Gasteiger partial charge is 0.337 e. The van der Waals surface area contributed by atoms with E-state index in [0.717, 1.165) is 12.1 Å². The van der Waals surface area contributed by atoms with Crippen LogP contribution < -0.4 is 5.73 Å². The van der Waals surface area contributed by atoms with Crippen molar-refractivity contribution in [2.45, 2.75) is 39.3 Å². The van der Waals surface area contributed by atoms with Crippen LogP contribution in [0.3, 0.4) is 0 Å². The van der Waals surface area contributed by atoms with Crippen molar-refractivity contribution in [2.24, 2.45) is 11.7 Å². The average molecular weight is 353 g/mol. The first-order chi connectivity index (χ1) is 11.5. The van der Waals surface area contributed by atoms with E-state index in [4.69, 9.17) is 5.73 Å². The number of carbonyl (C=O) groups is 2. The van der Waals surface area contributed by atoms with Crippen molar-refractivity contribution < 1.29 is 18.4 Å². The minimum atomic E-state index is -0.888. The Kier molecular flexibility index (Phi) is 5.46. The first-order valence-corrected chi connectivity index (χ1v) is 8.36. The van der Waals surface area contributed by atoms with E-state index in [1.165, 1.54) is 4.90 Å². The van der Waals surface area contributed by atoms with Crippen LogP contribution in [0, 0.1) is 17.6 Å². The molecule has 0 radical (unpaired) electrons. The molecule has 0 spiro atoms. The lowest BCUT2D eigenvalue weighted by Gasteiger charge is -2.47. The number of hydrogen-bond acceptors (Lipinski definition) is 3. The lowest BCUT2D eigenvalue weighted by Crippen LogP contribution is -2.64. The third kappa shape index (κ3) is 3.98. The molecule has 5 nitrogen and oxygen atoms in total. The summed E-state index contributed by atoms with van der Waals surface area (Å²) in [5, 5.41) is 0. The molecule has 0 saturated carbocycles. The van der Waals surface area contributed by atoms with Gasteiger partial charge in [0, 0.05) is 25.7 Å². The van der Waals surface area contributed by atoms with Gasteiger partial charge in [0.15, 0.2) is 0 Å². The fourth-order valence-corrected chi connectivity index (χ4v) is 3.02. The lowest BCUT2D eigenvalue weighted by atomic mass is 9.95. The lowest BCUT2D eigenvalue weighted by molar-refractivity contribution is -0.137. The summed E-state index contributed by atoms with van der Waals surface area (Å²) in [4.78, 5) is 28.3. The zero-order chi connectivity index (χ0) is 18.9. The molecule has 0 bridgehead atoms. The summed E-state index contributed by atoms with van der Waals surface area (Å²) in [6, 6.07) is 2.31. The van der Waals surface area contributed by atoms with Gasteiger partial charge in [-0.2, -0.15) is 0 Å². The van der Waals surface area contributed by atoms with Crippen LogP contribution in [-0.2, 0) is 4.79 Å². The van der Waals surface area contributed by atoms with Crippen LogP contribution in [0.5, 0.6) is 0 Å². The van der Waals surface area contributed by atoms with E-state index in [1.54, 1.807) is 4.90 Å². The Morgan fingerprint density at radius 1 is 1.20 bits per heavy atom. The first-order valence-electron chi connectivity index (χ1n) is 8.36. The van der Waals surface area contributed by atoms with Crippen molar-refractivity contribution in [3.05, 3.63) is 35.4 Å². The number of nitrogens with two attached hydrogens (primary N) is 1. The fourth-order valence-electron chi connectivity index (χ4n) is 3.02. The number of piperazine rings is 1.